The summed E-state index contributed by atoms with van der Waals surface area (Å²) in [5.74, 6) is -1.34. The highest BCUT2D eigenvalue weighted by atomic mass is 19.4. The van der Waals surface area contributed by atoms with Gasteiger partial charge in [0.1, 0.15) is 24.6 Å². The molecule has 15 heteroatoms. The van der Waals surface area contributed by atoms with Crippen LogP contribution >= 0.6 is 0 Å². The number of unbranched alkanes of at least 4 members (excludes halogenated alkanes) is 1. The zero-order chi connectivity index (χ0) is 31.5. The summed E-state index contributed by atoms with van der Waals surface area (Å²) in [6.07, 6.45) is -11.2. The number of nitrogens with two attached hydrogens (primary N) is 1. The average Bonchev–Trinajstić information content (AvgIpc) is 2.93. The summed E-state index contributed by atoms with van der Waals surface area (Å²) in [5, 5.41) is 0. The Morgan fingerprint density at radius 2 is 1.63 bits per heavy atom. The van der Waals surface area contributed by atoms with Gasteiger partial charge in [0.05, 0.1) is 17.7 Å². The fourth-order valence-electron chi connectivity index (χ4n) is 5.28. The van der Waals surface area contributed by atoms with E-state index in [1.54, 1.807) is 6.07 Å². The van der Waals surface area contributed by atoms with E-state index >= 15 is 0 Å². The number of alkyl halides is 6. The van der Waals surface area contributed by atoms with Crippen molar-refractivity contribution >= 4 is 17.9 Å². The van der Waals surface area contributed by atoms with Crippen molar-refractivity contribution < 1.29 is 49.9 Å². The molecule has 3 amide bonds. The summed E-state index contributed by atoms with van der Waals surface area (Å²) in [6, 6.07) is 5.47. The molecular formula is C28H29F7N4O4. The Hall–Kier alpha value is -3.88. The van der Waals surface area contributed by atoms with Gasteiger partial charge >= 0.3 is 18.4 Å². The number of ether oxygens (including phenoxy) is 1. The van der Waals surface area contributed by atoms with Crippen LogP contribution in [0.4, 0.5) is 35.5 Å². The smallest absolute Gasteiger partial charge is 0.416 e. The van der Waals surface area contributed by atoms with Gasteiger partial charge in [-0.15, -0.1) is 0 Å². The van der Waals surface area contributed by atoms with Crippen molar-refractivity contribution in [3.05, 3.63) is 70.5 Å². The number of piperazine rings is 1. The maximum atomic E-state index is 13.8. The first kappa shape index (κ1) is 32.0. The fraction of sp³-hybridized carbons (Fsp3) is 0.464. The van der Waals surface area contributed by atoms with Crippen molar-refractivity contribution in [2.45, 2.75) is 63.4 Å². The van der Waals surface area contributed by atoms with Crippen molar-refractivity contribution in [2.24, 2.45) is 5.73 Å². The van der Waals surface area contributed by atoms with Gasteiger partial charge in [0.15, 0.2) is 0 Å². The van der Waals surface area contributed by atoms with Gasteiger partial charge in [0, 0.05) is 19.5 Å². The van der Waals surface area contributed by atoms with E-state index in [0.717, 1.165) is 4.90 Å². The van der Waals surface area contributed by atoms with Gasteiger partial charge in [-0.05, 0) is 67.3 Å². The number of hydrogen-bond donors (Lipinski definition) is 1. The predicted octanol–water partition coefficient (Wildman–Crippen LogP) is 4.90. The van der Waals surface area contributed by atoms with Crippen LogP contribution in [-0.2, 0) is 39.8 Å². The molecule has 0 radical (unpaired) electrons. The molecule has 2 aliphatic heterocycles. The van der Waals surface area contributed by atoms with Gasteiger partial charge in [0.2, 0.25) is 11.8 Å². The largest absolute Gasteiger partial charge is 0.444 e. The number of fused-ring (bicyclic) bond motifs is 1. The number of carbonyl (C=O) groups is 3. The number of halogens is 7. The lowest BCUT2D eigenvalue weighted by Crippen LogP contribution is -2.71. The molecule has 0 unspecified atom stereocenters. The third-order valence-corrected chi connectivity index (χ3v) is 7.29. The van der Waals surface area contributed by atoms with Crippen LogP contribution in [0.5, 0.6) is 0 Å². The molecule has 0 aliphatic carbocycles. The van der Waals surface area contributed by atoms with Crippen LogP contribution in [-0.4, -0.2) is 64.4 Å². The van der Waals surface area contributed by atoms with Crippen molar-refractivity contribution in [2.75, 3.05) is 19.6 Å². The second kappa shape index (κ2) is 12.8. The third-order valence-electron chi connectivity index (χ3n) is 7.29. The van der Waals surface area contributed by atoms with Crippen LogP contribution in [0, 0.1) is 5.82 Å². The van der Waals surface area contributed by atoms with Crippen LogP contribution in [0.15, 0.2) is 42.5 Å². The predicted molar refractivity (Wildman–Crippen MR) is 137 cm³/mol. The van der Waals surface area contributed by atoms with E-state index in [4.69, 9.17) is 10.5 Å². The topological polar surface area (TPSA) is 96.2 Å². The highest BCUT2D eigenvalue weighted by Gasteiger charge is 2.49. The standard InChI is InChI=1S/C28H29F7N4O4/c29-21-5-3-4-17(12-21)14-37-15-23-38(9-7-24(40)39(23)22(25(37)41)6-1-2-8-36)26(42)43-16-18-10-19(27(30,31)32)13-20(11-18)28(33,34)35/h3-5,10-13,22-23H,1-2,6-9,14-16,36H2/t22-,23+/m0/s1. The van der Waals surface area contributed by atoms with Gasteiger partial charge < -0.3 is 20.3 Å². The highest BCUT2D eigenvalue weighted by Crippen LogP contribution is 2.37. The summed E-state index contributed by atoms with van der Waals surface area (Å²) in [6.45, 7) is -0.932. The molecule has 43 heavy (non-hydrogen) atoms. The van der Waals surface area contributed by atoms with E-state index in [-0.39, 0.29) is 38.5 Å². The molecule has 0 spiro atoms. The number of rotatable bonds is 8. The lowest BCUT2D eigenvalue weighted by molar-refractivity contribution is -0.169. The second-order valence-corrected chi connectivity index (χ2v) is 10.3. The molecule has 8 nitrogen and oxygen atoms in total. The van der Waals surface area contributed by atoms with Gasteiger partial charge in [-0.3, -0.25) is 14.5 Å². The van der Waals surface area contributed by atoms with E-state index in [2.05, 4.69) is 0 Å². The zero-order valence-corrected chi connectivity index (χ0v) is 22.8. The van der Waals surface area contributed by atoms with Crippen LogP contribution in [0.2, 0.25) is 0 Å². The second-order valence-electron chi connectivity index (χ2n) is 10.3. The van der Waals surface area contributed by atoms with Gasteiger partial charge in [0.25, 0.3) is 0 Å². The van der Waals surface area contributed by atoms with Crippen LogP contribution < -0.4 is 5.73 Å². The minimum atomic E-state index is -5.08. The third kappa shape index (κ3) is 7.56. The molecule has 2 heterocycles. The van der Waals surface area contributed by atoms with E-state index in [9.17, 15) is 45.1 Å². The zero-order valence-electron chi connectivity index (χ0n) is 22.8. The molecule has 2 atom stereocenters. The average molecular weight is 619 g/mol. The lowest BCUT2D eigenvalue weighted by Gasteiger charge is -2.52. The monoisotopic (exact) mass is 618 g/mol. The molecule has 2 N–H and O–H groups in total. The van der Waals surface area contributed by atoms with E-state index in [1.165, 1.54) is 28.0 Å². The Bertz CT molecular complexity index is 1320. The molecule has 0 aromatic heterocycles. The minimum absolute atomic E-state index is 0.0313. The molecule has 2 saturated heterocycles. The van der Waals surface area contributed by atoms with E-state index in [0.29, 0.717) is 37.1 Å². The normalized spacial score (nSPS) is 19.5. The number of nitrogens with zero attached hydrogens (tertiary/aromatic N) is 3. The number of carbonyl (C=O) groups excluding carboxylic acids is 3. The number of amides is 3. The molecule has 0 saturated carbocycles. The quantitative estimate of drug-likeness (QED) is 0.336. The molecule has 2 aliphatic rings. The van der Waals surface area contributed by atoms with E-state index < -0.39 is 71.6 Å². The first-order chi connectivity index (χ1) is 20.2. The van der Waals surface area contributed by atoms with Crippen molar-refractivity contribution in [3.8, 4) is 0 Å². The fourth-order valence-corrected chi connectivity index (χ4v) is 5.28. The molecular weight excluding hydrogens is 589 g/mol. The first-order valence-electron chi connectivity index (χ1n) is 13.4. The summed E-state index contributed by atoms with van der Waals surface area (Å²) >= 11 is 0. The Labute approximate surface area is 242 Å². The summed E-state index contributed by atoms with van der Waals surface area (Å²) in [5.41, 5.74) is 2.40. The van der Waals surface area contributed by atoms with Crippen molar-refractivity contribution in [3.63, 3.8) is 0 Å². The SMILES string of the molecule is NCCCC[C@H]1C(=O)N(Cc2cccc(F)c2)C[C@@H]2N(C(=O)OCc3cc(C(F)(F)F)cc(C(F)(F)F)c3)CCC(=O)N21. The molecule has 234 valence electrons. The van der Waals surface area contributed by atoms with Crippen LogP contribution in [0.3, 0.4) is 0 Å². The maximum Gasteiger partial charge on any atom is 0.416 e. The number of benzene rings is 2. The Morgan fingerprint density at radius 1 is 0.953 bits per heavy atom. The van der Waals surface area contributed by atoms with Crippen LogP contribution in [0.1, 0.15) is 47.9 Å². The highest BCUT2D eigenvalue weighted by molar-refractivity contribution is 5.90. The molecule has 2 aromatic carbocycles. The first-order valence-corrected chi connectivity index (χ1v) is 13.4. The Kier molecular flexibility index (Phi) is 9.52. The summed E-state index contributed by atoms with van der Waals surface area (Å²) in [7, 11) is 0. The van der Waals surface area contributed by atoms with Gasteiger partial charge in [-0.2, -0.15) is 26.3 Å². The Balaban J connectivity index is 1.58. The van der Waals surface area contributed by atoms with Crippen molar-refractivity contribution in [1.82, 2.24) is 14.7 Å². The number of hydrogen-bond acceptors (Lipinski definition) is 5. The van der Waals surface area contributed by atoms with Gasteiger partial charge in [-0.1, -0.05) is 12.1 Å². The molecule has 2 fully saturated rings. The molecule has 2 aromatic rings. The minimum Gasteiger partial charge on any atom is -0.444 e. The summed E-state index contributed by atoms with van der Waals surface area (Å²) < 4.78 is 98.6. The molecule has 0 bridgehead atoms. The van der Waals surface area contributed by atoms with Gasteiger partial charge in [-0.25, -0.2) is 9.18 Å². The Morgan fingerprint density at radius 3 is 2.23 bits per heavy atom. The van der Waals surface area contributed by atoms with E-state index in [1.807, 2.05) is 0 Å². The lowest BCUT2D eigenvalue weighted by atomic mass is 9.98. The van der Waals surface area contributed by atoms with Crippen molar-refractivity contribution in [1.29, 1.82) is 0 Å². The summed E-state index contributed by atoms with van der Waals surface area (Å²) in [4.78, 5) is 43.5. The maximum absolute atomic E-state index is 13.8. The van der Waals surface area contributed by atoms with Crippen LogP contribution in [0.25, 0.3) is 0 Å². The molecule has 4 rings (SSSR count).